The number of nitrogens with zero attached hydrogens (tertiary/aromatic N) is 1. The summed E-state index contributed by atoms with van der Waals surface area (Å²) in [4.78, 5) is 11.9. The van der Waals surface area contributed by atoms with Crippen LogP contribution in [0.2, 0.25) is 5.02 Å². The van der Waals surface area contributed by atoms with Crippen molar-refractivity contribution in [1.29, 1.82) is 0 Å². The molecular weight excluding hydrogens is 340 g/mol. The molecule has 0 spiro atoms. The molecule has 0 radical (unpaired) electrons. The van der Waals surface area contributed by atoms with Crippen LogP contribution < -0.4 is 10.2 Å². The number of benzene rings is 2. The van der Waals surface area contributed by atoms with Crippen LogP contribution >= 0.6 is 11.6 Å². The summed E-state index contributed by atoms with van der Waals surface area (Å²) in [7, 11) is 0. The molecule has 25 heavy (non-hydrogen) atoms. The third kappa shape index (κ3) is 4.00. The van der Waals surface area contributed by atoms with Crippen LogP contribution in [-0.2, 0) is 11.2 Å². The molecule has 2 aromatic carbocycles. The second-order valence-electron chi connectivity index (χ2n) is 5.30. The minimum Gasteiger partial charge on any atom is -0.482 e. The molecule has 128 valence electrons. The molecule has 3 aromatic rings. The van der Waals surface area contributed by atoms with Crippen LogP contribution in [0.1, 0.15) is 18.2 Å². The molecule has 0 bridgehead atoms. The van der Waals surface area contributed by atoms with Gasteiger partial charge in [0.15, 0.2) is 6.61 Å². The molecule has 0 fully saturated rings. The highest BCUT2D eigenvalue weighted by molar-refractivity contribution is 6.32. The van der Waals surface area contributed by atoms with Gasteiger partial charge in [0.2, 0.25) is 0 Å². The molecule has 6 heteroatoms. The minimum absolute atomic E-state index is 0.173. The molecule has 1 N–H and O–H groups in total. The summed E-state index contributed by atoms with van der Waals surface area (Å²) in [5, 5.41) is 5.43. The summed E-state index contributed by atoms with van der Waals surface area (Å²) in [5.41, 5.74) is 4.11. The van der Waals surface area contributed by atoms with Crippen molar-refractivity contribution in [3.63, 3.8) is 0 Å². The smallest absolute Gasteiger partial charge is 0.277 e. The first-order chi connectivity index (χ1) is 12.2. The Labute approximate surface area is 150 Å². The molecule has 0 aliphatic carbocycles. The number of carbonyl (C=O) groups is 1. The van der Waals surface area contributed by atoms with Crippen LogP contribution in [-0.4, -0.2) is 18.7 Å². The Morgan fingerprint density at radius 3 is 2.80 bits per heavy atom. The number of para-hydroxylation sites is 2. The van der Waals surface area contributed by atoms with E-state index in [0.29, 0.717) is 10.8 Å². The fraction of sp³-hybridized carbons (Fsp3) is 0.158. The van der Waals surface area contributed by atoms with Gasteiger partial charge in [0, 0.05) is 17.4 Å². The number of ether oxygens (including phenoxy) is 1. The average Bonchev–Trinajstić information content (AvgIpc) is 2.99. The van der Waals surface area contributed by atoms with Gasteiger partial charge in [-0.1, -0.05) is 48.9 Å². The van der Waals surface area contributed by atoms with E-state index < -0.39 is 0 Å². The molecular formula is C19H17ClN2O3. The number of rotatable bonds is 6. The van der Waals surface area contributed by atoms with Gasteiger partial charge in [-0.25, -0.2) is 5.43 Å². The third-order valence-electron chi connectivity index (χ3n) is 3.61. The van der Waals surface area contributed by atoms with Crippen LogP contribution in [0.15, 0.2) is 58.0 Å². The predicted octanol–water partition coefficient (Wildman–Crippen LogP) is 4.18. The van der Waals surface area contributed by atoms with E-state index in [1.54, 1.807) is 30.5 Å². The van der Waals surface area contributed by atoms with E-state index in [-0.39, 0.29) is 12.5 Å². The Hall–Kier alpha value is -2.79. The van der Waals surface area contributed by atoms with E-state index in [9.17, 15) is 4.79 Å². The number of furan rings is 1. The number of nitrogens with one attached hydrogen (secondary N) is 1. The Bertz CT molecular complexity index is 918. The number of aryl methyl sites for hydroxylation is 1. The second kappa shape index (κ2) is 7.85. The Kier molecular flexibility index (Phi) is 5.36. The van der Waals surface area contributed by atoms with E-state index in [4.69, 9.17) is 20.8 Å². The first-order valence-electron chi connectivity index (χ1n) is 7.88. The fourth-order valence-electron chi connectivity index (χ4n) is 2.43. The van der Waals surface area contributed by atoms with Crippen molar-refractivity contribution >= 4 is 34.7 Å². The van der Waals surface area contributed by atoms with Gasteiger partial charge in [0.25, 0.3) is 5.91 Å². The molecule has 3 rings (SSSR count). The lowest BCUT2D eigenvalue weighted by molar-refractivity contribution is -0.123. The number of fused-ring (bicyclic) bond motifs is 1. The van der Waals surface area contributed by atoms with Gasteiger partial charge < -0.3 is 9.15 Å². The number of carbonyl (C=O) groups excluding carboxylic acids is 1. The van der Waals surface area contributed by atoms with Crippen molar-refractivity contribution in [3.8, 4) is 5.75 Å². The average molecular weight is 357 g/mol. The Morgan fingerprint density at radius 1 is 1.24 bits per heavy atom. The topological polar surface area (TPSA) is 63.8 Å². The number of amides is 1. The Morgan fingerprint density at radius 2 is 2.00 bits per heavy atom. The predicted molar refractivity (Wildman–Crippen MR) is 98.3 cm³/mol. The summed E-state index contributed by atoms with van der Waals surface area (Å²) in [6.07, 6.45) is 2.33. The summed E-state index contributed by atoms with van der Waals surface area (Å²) in [6, 6.07) is 14.7. The van der Waals surface area contributed by atoms with Crippen LogP contribution in [0.4, 0.5) is 0 Å². The maximum atomic E-state index is 11.9. The summed E-state index contributed by atoms with van der Waals surface area (Å²) in [6.45, 7) is 1.83. The third-order valence-corrected chi connectivity index (χ3v) is 3.92. The maximum Gasteiger partial charge on any atom is 0.277 e. The van der Waals surface area contributed by atoms with Gasteiger partial charge >= 0.3 is 0 Å². The first kappa shape index (κ1) is 17.0. The van der Waals surface area contributed by atoms with Crippen molar-refractivity contribution in [1.82, 2.24) is 5.43 Å². The molecule has 0 atom stereocenters. The van der Waals surface area contributed by atoms with Gasteiger partial charge in [-0.2, -0.15) is 5.10 Å². The van der Waals surface area contributed by atoms with Gasteiger partial charge in [-0.3, -0.25) is 4.79 Å². The summed E-state index contributed by atoms with van der Waals surface area (Å²) < 4.78 is 11.1. The lowest BCUT2D eigenvalue weighted by Gasteiger charge is -2.06. The minimum atomic E-state index is -0.373. The quantitative estimate of drug-likeness (QED) is 0.532. The van der Waals surface area contributed by atoms with Gasteiger partial charge in [0.05, 0.1) is 11.2 Å². The van der Waals surface area contributed by atoms with Crippen LogP contribution in [0.5, 0.6) is 5.75 Å². The number of hydrazone groups is 1. The monoisotopic (exact) mass is 356 g/mol. The highest BCUT2D eigenvalue weighted by atomic mass is 35.5. The van der Waals surface area contributed by atoms with E-state index in [0.717, 1.165) is 28.7 Å². The fourth-order valence-corrected chi connectivity index (χ4v) is 2.62. The van der Waals surface area contributed by atoms with Crippen LogP contribution in [0.25, 0.3) is 11.0 Å². The number of halogens is 1. The SMILES string of the molecule is CCc1oc2ccccc2c1/C=N\NC(=O)COc1ccccc1Cl. The molecule has 0 aliphatic heterocycles. The number of hydrogen-bond donors (Lipinski definition) is 1. The summed E-state index contributed by atoms with van der Waals surface area (Å²) >= 11 is 5.97. The zero-order valence-electron chi connectivity index (χ0n) is 13.7. The maximum absolute atomic E-state index is 11.9. The van der Waals surface area contributed by atoms with Crippen LogP contribution in [0, 0.1) is 0 Å². The molecule has 1 aromatic heterocycles. The highest BCUT2D eigenvalue weighted by Gasteiger charge is 2.10. The van der Waals surface area contributed by atoms with Crippen molar-refractivity contribution in [3.05, 3.63) is 64.9 Å². The molecule has 1 heterocycles. The van der Waals surface area contributed by atoms with E-state index in [1.165, 1.54) is 0 Å². The lowest BCUT2D eigenvalue weighted by atomic mass is 10.1. The molecule has 1 amide bonds. The molecule has 0 saturated carbocycles. The molecule has 0 unspecified atom stereocenters. The first-order valence-corrected chi connectivity index (χ1v) is 8.26. The second-order valence-corrected chi connectivity index (χ2v) is 5.71. The Balaban J connectivity index is 1.63. The van der Waals surface area contributed by atoms with Crippen LogP contribution in [0.3, 0.4) is 0 Å². The van der Waals surface area contributed by atoms with Crippen molar-refractivity contribution < 1.29 is 13.9 Å². The van der Waals surface area contributed by atoms with Crippen molar-refractivity contribution in [2.45, 2.75) is 13.3 Å². The number of hydrogen-bond acceptors (Lipinski definition) is 4. The van der Waals surface area contributed by atoms with E-state index in [1.807, 2.05) is 31.2 Å². The molecule has 0 aliphatic rings. The normalized spacial score (nSPS) is 11.1. The molecule has 0 saturated heterocycles. The van der Waals surface area contributed by atoms with E-state index in [2.05, 4.69) is 10.5 Å². The summed E-state index contributed by atoms with van der Waals surface area (Å²) in [5.74, 6) is 0.908. The van der Waals surface area contributed by atoms with Gasteiger partial charge in [-0.05, 0) is 18.2 Å². The zero-order valence-corrected chi connectivity index (χ0v) is 14.4. The van der Waals surface area contributed by atoms with E-state index >= 15 is 0 Å². The van der Waals surface area contributed by atoms with Crippen molar-refractivity contribution in [2.75, 3.05) is 6.61 Å². The van der Waals surface area contributed by atoms with Crippen molar-refractivity contribution in [2.24, 2.45) is 5.10 Å². The zero-order chi connectivity index (χ0) is 17.6. The van der Waals surface area contributed by atoms with Gasteiger partial charge in [-0.15, -0.1) is 0 Å². The van der Waals surface area contributed by atoms with Gasteiger partial charge in [0.1, 0.15) is 17.1 Å². The largest absolute Gasteiger partial charge is 0.482 e. The standard InChI is InChI=1S/C19H17ClN2O3/c1-2-16-14(13-7-3-5-9-17(13)25-16)11-21-22-19(23)12-24-18-10-6-4-8-15(18)20/h3-11H,2,12H2,1H3,(H,22,23)/b21-11-. The lowest BCUT2D eigenvalue weighted by Crippen LogP contribution is -2.24. The molecule has 5 nitrogen and oxygen atoms in total. The highest BCUT2D eigenvalue weighted by Crippen LogP contribution is 2.25.